The normalized spacial score (nSPS) is 14.4. The van der Waals surface area contributed by atoms with E-state index in [4.69, 9.17) is 35.2 Å². The Morgan fingerprint density at radius 3 is 2.50 bits per heavy atom. The molecule has 0 aliphatic carbocycles. The van der Waals surface area contributed by atoms with Crippen molar-refractivity contribution in [2.24, 2.45) is 4.99 Å². The zero-order chi connectivity index (χ0) is 32.4. The van der Waals surface area contributed by atoms with Crippen LogP contribution < -0.4 is 19.6 Å². The van der Waals surface area contributed by atoms with E-state index in [1.165, 1.54) is 18.8 Å². The van der Waals surface area contributed by atoms with Gasteiger partial charge in [0.05, 0.1) is 42.2 Å². The van der Waals surface area contributed by atoms with Crippen molar-refractivity contribution < 1.29 is 28.2 Å². The smallest absolute Gasteiger partial charge is 0.338 e. The molecule has 0 unspecified atom stereocenters. The van der Waals surface area contributed by atoms with Gasteiger partial charge in [0.1, 0.15) is 23.3 Å². The van der Waals surface area contributed by atoms with Crippen molar-refractivity contribution in [1.82, 2.24) is 4.57 Å². The van der Waals surface area contributed by atoms with Crippen LogP contribution >= 0.6 is 22.9 Å². The van der Waals surface area contributed by atoms with Gasteiger partial charge in [-0.25, -0.2) is 14.6 Å². The number of hydrogen-bond acceptors (Lipinski definition) is 9. The number of hydrogen-bond donors (Lipinski definition) is 0. The molecule has 0 fully saturated rings. The Bertz CT molecular complexity index is 2180. The molecule has 0 saturated heterocycles. The summed E-state index contributed by atoms with van der Waals surface area (Å²) in [6.45, 7) is 1.83. The molecule has 1 aliphatic rings. The second-order valence-electron chi connectivity index (χ2n) is 10.1. The number of esters is 2. The van der Waals surface area contributed by atoms with Crippen LogP contribution in [0.1, 0.15) is 40.2 Å². The highest BCUT2D eigenvalue weighted by atomic mass is 35.5. The fraction of sp³-hybridized carbons (Fsp3) is 0.143. The van der Waals surface area contributed by atoms with Gasteiger partial charge in [0.2, 0.25) is 0 Å². The number of aromatic nitrogens is 1. The first-order valence-corrected chi connectivity index (χ1v) is 15.4. The van der Waals surface area contributed by atoms with E-state index in [1.54, 1.807) is 67.6 Å². The SMILES string of the molecule is CCOC(=O)C1=C(c2ccccc2)N=c2s/c(=C\c3ccc(-c4ccccc4C(=O)OC)o3)c(=O)n2[C@@H]1c1cc(Cl)ccc1OC. The summed E-state index contributed by atoms with van der Waals surface area (Å²) in [5.41, 5.74) is 2.21. The van der Waals surface area contributed by atoms with Crippen molar-refractivity contribution in [3.8, 4) is 17.1 Å². The van der Waals surface area contributed by atoms with Crippen molar-refractivity contribution in [2.45, 2.75) is 13.0 Å². The van der Waals surface area contributed by atoms with Crippen molar-refractivity contribution in [3.05, 3.63) is 138 Å². The Morgan fingerprint density at radius 1 is 1.00 bits per heavy atom. The minimum Gasteiger partial charge on any atom is -0.496 e. The summed E-state index contributed by atoms with van der Waals surface area (Å²) in [4.78, 5) is 45.5. The number of methoxy groups -OCH3 is 2. The van der Waals surface area contributed by atoms with Crippen LogP contribution in [0, 0.1) is 0 Å². The van der Waals surface area contributed by atoms with E-state index >= 15 is 0 Å². The van der Waals surface area contributed by atoms with Gasteiger partial charge in [-0.15, -0.1) is 0 Å². The highest BCUT2D eigenvalue weighted by Gasteiger charge is 2.37. The third-order valence-corrected chi connectivity index (χ3v) is 8.58. The van der Waals surface area contributed by atoms with Crippen LogP contribution in [0.5, 0.6) is 5.75 Å². The van der Waals surface area contributed by atoms with E-state index in [1.807, 2.05) is 30.3 Å². The van der Waals surface area contributed by atoms with E-state index in [0.29, 0.717) is 59.6 Å². The minimum atomic E-state index is -0.972. The van der Waals surface area contributed by atoms with Crippen molar-refractivity contribution >= 4 is 46.6 Å². The number of nitrogens with zero attached hydrogens (tertiary/aromatic N) is 2. The van der Waals surface area contributed by atoms with Gasteiger partial charge < -0.3 is 18.6 Å². The van der Waals surface area contributed by atoms with Gasteiger partial charge in [0, 0.05) is 27.8 Å². The van der Waals surface area contributed by atoms with Gasteiger partial charge in [-0.2, -0.15) is 0 Å². The molecular formula is C35H27ClN2O7S. The Labute approximate surface area is 272 Å². The van der Waals surface area contributed by atoms with Crippen molar-refractivity contribution in [1.29, 1.82) is 0 Å². The lowest BCUT2D eigenvalue weighted by molar-refractivity contribution is -0.138. The van der Waals surface area contributed by atoms with Gasteiger partial charge in [-0.05, 0) is 43.3 Å². The lowest BCUT2D eigenvalue weighted by atomic mass is 9.92. The van der Waals surface area contributed by atoms with E-state index in [9.17, 15) is 14.4 Å². The molecule has 3 aromatic carbocycles. The third kappa shape index (κ3) is 5.68. The molecule has 3 heterocycles. The molecule has 9 nitrogen and oxygen atoms in total. The van der Waals surface area contributed by atoms with E-state index in [-0.39, 0.29) is 12.2 Å². The third-order valence-electron chi connectivity index (χ3n) is 7.36. The van der Waals surface area contributed by atoms with Gasteiger partial charge in [-0.1, -0.05) is 71.5 Å². The number of fused-ring (bicyclic) bond motifs is 1. The molecule has 0 N–H and O–H groups in total. The summed E-state index contributed by atoms with van der Waals surface area (Å²) in [7, 11) is 2.82. The average Bonchev–Trinajstić information content (AvgIpc) is 3.67. The predicted octanol–water partition coefficient (Wildman–Crippen LogP) is 5.64. The maximum Gasteiger partial charge on any atom is 0.338 e. The van der Waals surface area contributed by atoms with E-state index in [0.717, 1.165) is 11.3 Å². The number of benzene rings is 3. The van der Waals surface area contributed by atoms with Crippen molar-refractivity contribution in [3.63, 3.8) is 0 Å². The quantitative estimate of drug-likeness (QED) is 0.199. The number of rotatable bonds is 8. The number of furan rings is 1. The number of thiazole rings is 1. The Hall–Kier alpha value is -5.19. The monoisotopic (exact) mass is 654 g/mol. The summed E-state index contributed by atoms with van der Waals surface area (Å²) in [6, 6.07) is 23.7. The number of carbonyl (C=O) groups is 2. The highest BCUT2D eigenvalue weighted by Crippen LogP contribution is 2.40. The summed E-state index contributed by atoms with van der Waals surface area (Å²) < 4.78 is 24.0. The molecule has 0 saturated carbocycles. The Morgan fingerprint density at radius 2 is 1.76 bits per heavy atom. The van der Waals surface area contributed by atoms with Crippen LogP contribution in [0.2, 0.25) is 5.02 Å². The van der Waals surface area contributed by atoms with Gasteiger partial charge >= 0.3 is 11.9 Å². The Balaban J connectivity index is 1.58. The van der Waals surface area contributed by atoms with Gasteiger partial charge in [0.25, 0.3) is 5.56 Å². The average molecular weight is 655 g/mol. The van der Waals surface area contributed by atoms with Crippen LogP contribution in [0.4, 0.5) is 0 Å². The van der Waals surface area contributed by atoms with Crippen LogP contribution in [0.25, 0.3) is 23.1 Å². The number of ether oxygens (including phenoxy) is 3. The molecule has 11 heteroatoms. The fourth-order valence-corrected chi connectivity index (χ4v) is 6.51. The molecule has 46 heavy (non-hydrogen) atoms. The first kappa shape index (κ1) is 30.8. The maximum absolute atomic E-state index is 14.2. The molecule has 1 atom stereocenters. The molecule has 5 aromatic rings. The Kier molecular flexibility index (Phi) is 8.74. The molecule has 0 radical (unpaired) electrons. The second-order valence-corrected chi connectivity index (χ2v) is 11.5. The predicted molar refractivity (Wildman–Crippen MR) is 175 cm³/mol. The zero-order valence-electron chi connectivity index (χ0n) is 25.0. The first-order chi connectivity index (χ1) is 22.3. The molecule has 0 spiro atoms. The van der Waals surface area contributed by atoms with Crippen LogP contribution in [0.15, 0.2) is 105 Å². The van der Waals surface area contributed by atoms with Crippen LogP contribution in [-0.4, -0.2) is 37.3 Å². The topological polar surface area (TPSA) is 109 Å². The molecule has 2 aromatic heterocycles. The van der Waals surface area contributed by atoms with Crippen LogP contribution in [-0.2, 0) is 14.3 Å². The highest BCUT2D eigenvalue weighted by molar-refractivity contribution is 7.07. The summed E-state index contributed by atoms with van der Waals surface area (Å²) in [5.74, 6) is 0.124. The molecular weight excluding hydrogens is 628 g/mol. The lowest BCUT2D eigenvalue weighted by Gasteiger charge is -2.27. The number of carbonyl (C=O) groups excluding carboxylic acids is 2. The summed E-state index contributed by atoms with van der Waals surface area (Å²) in [5, 5.41) is 0.398. The zero-order valence-corrected chi connectivity index (χ0v) is 26.6. The first-order valence-electron chi connectivity index (χ1n) is 14.2. The van der Waals surface area contributed by atoms with Crippen LogP contribution in [0.3, 0.4) is 0 Å². The van der Waals surface area contributed by atoms with E-state index < -0.39 is 23.5 Å². The van der Waals surface area contributed by atoms with Crippen molar-refractivity contribution in [2.75, 3.05) is 20.8 Å². The standard InChI is InChI=1S/C35H27ClN2O7S/c1-4-44-34(41)29-30(20-10-6-5-7-11-20)37-35-38(31(29)25-18-21(36)14-16-26(25)42-2)32(39)28(46-35)19-22-15-17-27(45-22)23-12-8-9-13-24(23)33(40)43-3/h5-19,31H,4H2,1-3H3/b28-19-/t31-/m1/s1. The maximum atomic E-state index is 14.2. The lowest BCUT2D eigenvalue weighted by Crippen LogP contribution is -2.40. The van der Waals surface area contributed by atoms with Gasteiger partial charge in [0.15, 0.2) is 4.80 Å². The summed E-state index contributed by atoms with van der Waals surface area (Å²) >= 11 is 7.61. The fourth-order valence-electron chi connectivity index (χ4n) is 5.34. The molecule has 0 amide bonds. The molecule has 1 aliphatic heterocycles. The molecule has 0 bridgehead atoms. The number of halogens is 1. The largest absolute Gasteiger partial charge is 0.496 e. The molecule has 6 rings (SSSR count). The van der Waals surface area contributed by atoms with E-state index in [2.05, 4.69) is 0 Å². The van der Waals surface area contributed by atoms with Gasteiger partial charge in [-0.3, -0.25) is 9.36 Å². The minimum absolute atomic E-state index is 0.119. The summed E-state index contributed by atoms with van der Waals surface area (Å²) in [6.07, 6.45) is 1.61. The molecule has 232 valence electrons. The second kappa shape index (κ2) is 13.0.